The van der Waals surface area contributed by atoms with E-state index in [2.05, 4.69) is 10.4 Å². The largest absolute Gasteiger partial charge is 0.462 e. The Balaban J connectivity index is 1.82. The number of halogens is 3. The van der Waals surface area contributed by atoms with Crippen molar-refractivity contribution in [2.24, 2.45) is 5.92 Å². The second kappa shape index (κ2) is 9.05. The first kappa shape index (κ1) is 24.0. The van der Waals surface area contributed by atoms with E-state index in [4.69, 9.17) is 4.74 Å². The van der Waals surface area contributed by atoms with E-state index in [1.165, 1.54) is 11.6 Å². The van der Waals surface area contributed by atoms with Crippen molar-refractivity contribution in [2.75, 3.05) is 11.9 Å². The van der Waals surface area contributed by atoms with Crippen LogP contribution in [0.1, 0.15) is 76.5 Å². The Labute approximate surface area is 186 Å². The van der Waals surface area contributed by atoms with Crippen LogP contribution < -0.4 is 5.32 Å². The van der Waals surface area contributed by atoms with Crippen molar-refractivity contribution < 1.29 is 32.3 Å². The molecule has 1 unspecified atom stereocenters. The van der Waals surface area contributed by atoms with E-state index in [1.807, 2.05) is 0 Å². The molecule has 2 aromatic rings. The topological polar surface area (TPSA) is 90.3 Å². The van der Waals surface area contributed by atoms with Gasteiger partial charge in [-0.05, 0) is 45.2 Å². The van der Waals surface area contributed by atoms with Gasteiger partial charge in [-0.15, -0.1) is 11.3 Å². The fraction of sp³-hybridized carbons (Fsp3) is 0.524. The first-order chi connectivity index (χ1) is 14.9. The van der Waals surface area contributed by atoms with Crippen LogP contribution in [-0.4, -0.2) is 34.0 Å². The standard InChI is InChI=1S/C21H24F3N3O4S/c1-5-31-20(30)16-11(3)17(12(4)28)32-19(16)25-18(29)10(2)9-27-14(13-6-7-13)8-15(26-27)21(22,23)24/h8,10,13H,5-7,9H2,1-4H3,(H,25,29). The van der Waals surface area contributed by atoms with Crippen molar-refractivity contribution in [2.45, 2.75) is 59.2 Å². The minimum Gasteiger partial charge on any atom is -0.462 e. The summed E-state index contributed by atoms with van der Waals surface area (Å²) in [6.07, 6.45) is -2.99. The second-order valence-electron chi connectivity index (χ2n) is 7.84. The molecule has 174 valence electrons. The van der Waals surface area contributed by atoms with Crippen LogP contribution in [0.4, 0.5) is 18.2 Å². The predicted octanol–water partition coefficient (Wildman–Crippen LogP) is 4.80. The molecule has 1 fully saturated rings. The zero-order chi connectivity index (χ0) is 23.8. The third kappa shape index (κ3) is 5.03. The Hall–Kier alpha value is -2.69. The number of hydrogen-bond acceptors (Lipinski definition) is 6. The van der Waals surface area contributed by atoms with E-state index in [0.717, 1.165) is 30.2 Å². The Bertz CT molecular complexity index is 1050. The molecule has 2 heterocycles. The summed E-state index contributed by atoms with van der Waals surface area (Å²) in [5.74, 6) is -2.14. The molecule has 11 heteroatoms. The number of ketones is 1. The second-order valence-corrected chi connectivity index (χ2v) is 8.86. The lowest BCUT2D eigenvalue weighted by Gasteiger charge is -2.14. The van der Waals surface area contributed by atoms with Gasteiger partial charge in [-0.1, -0.05) is 6.92 Å². The van der Waals surface area contributed by atoms with Crippen molar-refractivity contribution in [3.63, 3.8) is 0 Å². The molecule has 1 saturated carbocycles. The molecule has 0 bridgehead atoms. The van der Waals surface area contributed by atoms with Gasteiger partial charge in [0, 0.05) is 11.6 Å². The van der Waals surface area contributed by atoms with Crippen molar-refractivity contribution in [3.05, 3.63) is 33.5 Å². The number of rotatable bonds is 8. The lowest BCUT2D eigenvalue weighted by atomic mass is 10.1. The minimum absolute atomic E-state index is 0.0161. The average molecular weight is 472 g/mol. The van der Waals surface area contributed by atoms with E-state index in [0.29, 0.717) is 16.1 Å². The zero-order valence-corrected chi connectivity index (χ0v) is 18.9. The Morgan fingerprint density at radius 3 is 2.53 bits per heavy atom. The summed E-state index contributed by atoms with van der Waals surface area (Å²) >= 11 is 0.972. The molecule has 7 nitrogen and oxygen atoms in total. The van der Waals surface area contributed by atoms with Gasteiger partial charge in [0.2, 0.25) is 5.91 Å². The van der Waals surface area contributed by atoms with Crippen molar-refractivity contribution in [1.29, 1.82) is 0 Å². The highest BCUT2D eigenvalue weighted by molar-refractivity contribution is 7.18. The summed E-state index contributed by atoms with van der Waals surface area (Å²) in [4.78, 5) is 37.5. The van der Waals surface area contributed by atoms with Gasteiger partial charge >= 0.3 is 12.1 Å². The quantitative estimate of drug-likeness (QED) is 0.441. The van der Waals surface area contributed by atoms with Gasteiger partial charge < -0.3 is 10.1 Å². The summed E-state index contributed by atoms with van der Waals surface area (Å²) in [5.41, 5.74) is 0.0214. The van der Waals surface area contributed by atoms with Gasteiger partial charge in [0.05, 0.1) is 29.5 Å². The molecule has 2 aromatic heterocycles. The van der Waals surface area contributed by atoms with Crippen molar-refractivity contribution in [1.82, 2.24) is 9.78 Å². The van der Waals surface area contributed by atoms with Gasteiger partial charge in [0.25, 0.3) is 0 Å². The van der Waals surface area contributed by atoms with Gasteiger partial charge in [0.15, 0.2) is 11.5 Å². The van der Waals surface area contributed by atoms with Crippen LogP contribution in [-0.2, 0) is 22.3 Å². The first-order valence-corrected chi connectivity index (χ1v) is 11.0. The van der Waals surface area contributed by atoms with Crippen LogP contribution in [0.5, 0.6) is 0 Å². The van der Waals surface area contributed by atoms with Crippen LogP contribution in [0.3, 0.4) is 0 Å². The van der Waals surface area contributed by atoms with Crippen LogP contribution in [0.15, 0.2) is 6.07 Å². The monoisotopic (exact) mass is 471 g/mol. The fourth-order valence-corrected chi connectivity index (χ4v) is 4.48. The van der Waals surface area contributed by atoms with E-state index in [-0.39, 0.29) is 35.4 Å². The zero-order valence-electron chi connectivity index (χ0n) is 18.1. The highest BCUT2D eigenvalue weighted by Gasteiger charge is 2.38. The molecule has 1 aliphatic rings. The molecule has 1 N–H and O–H groups in total. The summed E-state index contributed by atoms with van der Waals surface area (Å²) in [7, 11) is 0. The number of alkyl halides is 3. The maximum Gasteiger partial charge on any atom is 0.435 e. The third-order valence-corrected chi connectivity index (χ3v) is 6.48. The number of thiophene rings is 1. The number of nitrogens with one attached hydrogen (secondary N) is 1. The molecular weight excluding hydrogens is 447 g/mol. The Morgan fingerprint density at radius 1 is 1.34 bits per heavy atom. The number of anilines is 1. The number of carbonyl (C=O) groups excluding carboxylic acids is 3. The van der Waals surface area contributed by atoms with Crippen LogP contribution >= 0.6 is 11.3 Å². The molecule has 1 atom stereocenters. The molecule has 1 aliphatic carbocycles. The molecule has 0 aliphatic heterocycles. The minimum atomic E-state index is -4.56. The van der Waals surface area contributed by atoms with Gasteiger partial charge in [0.1, 0.15) is 5.00 Å². The van der Waals surface area contributed by atoms with Gasteiger partial charge in [-0.3, -0.25) is 14.3 Å². The number of amides is 1. The summed E-state index contributed by atoms with van der Waals surface area (Å²) in [5, 5.41) is 6.51. The number of hydrogen-bond donors (Lipinski definition) is 1. The molecular formula is C21H24F3N3O4S. The molecule has 0 aromatic carbocycles. The summed E-state index contributed by atoms with van der Waals surface area (Å²) < 4.78 is 45.6. The van der Waals surface area contributed by atoms with Crippen LogP contribution in [0.25, 0.3) is 0 Å². The van der Waals surface area contributed by atoms with Crippen molar-refractivity contribution in [3.8, 4) is 0 Å². The van der Waals surface area contributed by atoms with Crippen LogP contribution in [0, 0.1) is 12.8 Å². The maximum absolute atomic E-state index is 13.1. The number of carbonyl (C=O) groups is 3. The maximum atomic E-state index is 13.1. The number of Topliss-reactive ketones (excluding diaryl/α,β-unsaturated/α-hetero) is 1. The van der Waals surface area contributed by atoms with E-state index in [1.54, 1.807) is 20.8 Å². The fourth-order valence-electron chi connectivity index (χ4n) is 3.39. The SMILES string of the molecule is CCOC(=O)c1c(NC(=O)C(C)Cn2nc(C(F)(F)F)cc2C2CC2)sc(C(C)=O)c1C. The summed E-state index contributed by atoms with van der Waals surface area (Å²) in [6.45, 7) is 6.24. The lowest BCUT2D eigenvalue weighted by Crippen LogP contribution is -2.26. The first-order valence-electron chi connectivity index (χ1n) is 10.2. The van der Waals surface area contributed by atoms with E-state index < -0.39 is 29.7 Å². The van der Waals surface area contributed by atoms with Crippen molar-refractivity contribution >= 4 is 34.0 Å². The Kier molecular flexibility index (Phi) is 6.77. The number of nitrogens with zero attached hydrogens (tertiary/aromatic N) is 2. The molecule has 3 rings (SSSR count). The highest BCUT2D eigenvalue weighted by Crippen LogP contribution is 2.42. The summed E-state index contributed by atoms with van der Waals surface area (Å²) in [6, 6.07) is 1.04. The van der Waals surface area contributed by atoms with Gasteiger partial charge in [-0.25, -0.2) is 4.79 Å². The molecule has 0 spiro atoms. The lowest BCUT2D eigenvalue weighted by molar-refractivity contribution is -0.141. The van der Waals surface area contributed by atoms with Crippen LogP contribution in [0.2, 0.25) is 0 Å². The third-order valence-electron chi connectivity index (χ3n) is 5.17. The molecule has 32 heavy (non-hydrogen) atoms. The molecule has 0 radical (unpaired) electrons. The molecule has 1 amide bonds. The predicted molar refractivity (Wildman–Crippen MR) is 112 cm³/mol. The highest BCUT2D eigenvalue weighted by atomic mass is 32.1. The van der Waals surface area contributed by atoms with E-state index >= 15 is 0 Å². The number of aromatic nitrogens is 2. The number of esters is 1. The van der Waals surface area contributed by atoms with E-state index in [9.17, 15) is 27.6 Å². The number of ether oxygens (including phenoxy) is 1. The molecule has 0 saturated heterocycles. The smallest absolute Gasteiger partial charge is 0.435 e. The normalized spacial score (nSPS) is 14.8. The average Bonchev–Trinajstić information content (AvgIpc) is 3.35. The van der Waals surface area contributed by atoms with Gasteiger partial charge in [-0.2, -0.15) is 18.3 Å². The Morgan fingerprint density at radius 2 is 2.00 bits per heavy atom.